The van der Waals surface area contributed by atoms with Gasteiger partial charge in [0.2, 0.25) is 0 Å². The van der Waals surface area contributed by atoms with Crippen molar-refractivity contribution in [3.8, 4) is 137 Å². The Labute approximate surface area is 881 Å². The van der Waals surface area contributed by atoms with E-state index in [-0.39, 0.29) is 171 Å². The summed E-state index contributed by atoms with van der Waals surface area (Å²) in [5.41, 5.74) is 31.4. The van der Waals surface area contributed by atoms with Crippen LogP contribution >= 0.6 is 0 Å². The van der Waals surface area contributed by atoms with Gasteiger partial charge in [-0.05, 0) is 281 Å². The maximum atomic E-state index is 15.6. The van der Waals surface area contributed by atoms with Crippen molar-refractivity contribution in [3.63, 3.8) is 0 Å². The summed E-state index contributed by atoms with van der Waals surface area (Å²) < 4.78 is 23.7. The van der Waals surface area contributed by atoms with Crippen LogP contribution in [0.5, 0.6) is 34.5 Å². The largest absolute Gasteiger partial charge is 1.20 e. The summed E-state index contributed by atoms with van der Waals surface area (Å²) in [5, 5.41) is 56.7. The van der Waals surface area contributed by atoms with Gasteiger partial charge >= 0.3 is 169 Å². The maximum Gasteiger partial charge on any atom is 1.20 e. The Hall–Kier alpha value is -4.90. The molecule has 6 nitrogen and oxygen atoms in total. The van der Waals surface area contributed by atoms with E-state index in [9.17, 15) is 0 Å². The second kappa shape index (κ2) is 46.3. The van der Waals surface area contributed by atoms with E-state index in [4.69, 9.17) is 11.4 Å². The van der Waals surface area contributed by atoms with Crippen LogP contribution < -0.4 is 181 Å². The van der Waals surface area contributed by atoms with Crippen LogP contribution in [0, 0.1) is 68.8 Å². The summed E-state index contributed by atoms with van der Waals surface area (Å²) in [6.45, 7) is 41.0. The van der Waals surface area contributed by atoms with E-state index in [0.29, 0.717) is 50.6 Å². The Kier molecular flexibility index (Phi) is 38.4. The predicted molar refractivity (Wildman–Crippen MR) is 531 cm³/mol. The van der Waals surface area contributed by atoms with Gasteiger partial charge in [-0.2, -0.15) is 0 Å². The van der Waals surface area contributed by atoms with Crippen molar-refractivity contribution in [2.75, 3.05) is 0 Å². The molecule has 0 spiro atoms. The Morgan fingerprint density at radius 3 is 0.524 bits per heavy atom. The number of benzene rings is 12. The molecule has 0 heterocycles. The van der Waals surface area contributed by atoms with Crippen LogP contribution in [-0.2, 0) is 0 Å². The molecule has 0 aliphatic heterocycles. The van der Waals surface area contributed by atoms with Gasteiger partial charge in [0, 0.05) is 50.1 Å². The van der Waals surface area contributed by atoms with Gasteiger partial charge in [0.15, 0.2) is 0 Å². The SMILES string of the molecule is CC[Si](C#Cc1ccc2c(-c3c([O][Al]([O]c4ccc5cc(C#C[Si](CC)(CC)CC)ccc5c4-c4c([O-])ccc5cc(C#C[Si](CC)(CC)CC)ccc45)[O]c4ccc5cc(C#C[Si](CC)(CC)CC)ccc5c4-c4c([O-])ccc5cc(C#C[Si](CC)(CC)CC)ccc45)ccc4cc(C#C[Si](CC)(CC)CC)ccc34)c([O-])ccc2c1)(CC)CC.[K+].[K+].[K+]. The summed E-state index contributed by atoms with van der Waals surface area (Å²) in [5.74, 6) is 22.3. The van der Waals surface area contributed by atoms with Gasteiger partial charge in [0.25, 0.3) is 0 Å². The van der Waals surface area contributed by atoms with E-state index in [1.54, 1.807) is 18.2 Å². The minimum Gasteiger partial charge on any atom is -0.872 e. The average Bonchev–Trinajstić information content (AvgIpc) is 0.750. The molecule has 0 aliphatic rings. The second-order valence-corrected chi connectivity index (χ2v) is 64.3. The molecule has 0 amide bonds. The van der Waals surface area contributed by atoms with Gasteiger partial charge in [-0.3, -0.25) is 0 Å². The first kappa shape index (κ1) is 103. The normalized spacial score (nSPS) is 11.6. The molecule has 0 aliphatic carbocycles. The molecule has 0 N–H and O–H groups in total. The van der Waals surface area contributed by atoms with Crippen molar-refractivity contribution in [3.05, 3.63) is 215 Å². The third kappa shape index (κ3) is 22.5. The van der Waals surface area contributed by atoms with Crippen LogP contribution in [0.15, 0.2) is 182 Å². The van der Waals surface area contributed by atoms with E-state index in [1.807, 2.05) is 54.6 Å². The molecule has 12 aromatic rings. The first-order valence-corrected chi connectivity index (χ1v) is 62.3. The first-order valence-electron chi connectivity index (χ1n) is 45.2. The number of rotatable bonds is 27. The van der Waals surface area contributed by atoms with Crippen molar-refractivity contribution in [1.82, 2.24) is 0 Å². The van der Waals surface area contributed by atoms with Gasteiger partial charge in [0.05, 0.1) is 17.2 Å². The molecule has 0 radical (unpaired) electrons. The molecule has 0 unspecified atom stereocenters. The molecule has 0 saturated carbocycles. The monoisotopic (exact) mass is 1820 g/mol. The number of hydrogen-bond acceptors (Lipinski definition) is 6. The third-order valence-electron chi connectivity index (χ3n) is 28.3. The molecule has 0 bridgehead atoms. The smallest absolute Gasteiger partial charge is 0.872 e. The van der Waals surface area contributed by atoms with Crippen LogP contribution in [-0.4, -0.2) is 63.6 Å². The summed E-state index contributed by atoms with van der Waals surface area (Å²) >= 11 is -4.03. The van der Waals surface area contributed by atoms with Crippen LogP contribution in [0.4, 0.5) is 0 Å². The quantitative estimate of drug-likeness (QED) is 0.0376. The molecular formula is C108H120AlK3O6Si6. The number of hydrogen-bond donors (Lipinski definition) is 0. The van der Waals surface area contributed by atoms with Crippen molar-refractivity contribution < 1.29 is 181 Å². The van der Waals surface area contributed by atoms with Gasteiger partial charge in [-0.15, -0.1) is 50.5 Å². The molecule has 16 heteroatoms. The van der Waals surface area contributed by atoms with E-state index in [1.165, 1.54) is 0 Å². The molecule has 12 rings (SSSR count). The molecule has 0 aromatic heterocycles. The van der Waals surface area contributed by atoms with Crippen LogP contribution in [0.3, 0.4) is 0 Å². The van der Waals surface area contributed by atoms with E-state index in [0.717, 1.165) is 207 Å². The Morgan fingerprint density at radius 2 is 0.363 bits per heavy atom. The van der Waals surface area contributed by atoms with Crippen LogP contribution in [0.2, 0.25) is 109 Å². The minimum absolute atomic E-state index is 0. The Morgan fingerprint density at radius 1 is 0.210 bits per heavy atom. The number of fused-ring (bicyclic) bond motifs is 6. The van der Waals surface area contributed by atoms with Gasteiger partial charge in [-0.1, -0.05) is 251 Å². The van der Waals surface area contributed by atoms with Crippen LogP contribution in [0.1, 0.15) is 158 Å². The molecule has 12 aromatic carbocycles. The standard InChI is InChI=1S/3C36H42O2Si2.Al.3K/c3*1-7-39(8-2,9-3)23-21-27-13-17-31-29(25-27)15-19-33(37)35(31)36-32-18-14-28(26-30(32)16-20-34(36)38)22-24-40(10-4,11-5)12-6;;;;/h3*13-20,25-26,37-38H,7-12H2,1-6H3;;;;/q;;;+3;3*+1/p-6. The fourth-order valence-electron chi connectivity index (χ4n) is 17.9. The average molecular weight is 1830 g/mol. The van der Waals surface area contributed by atoms with Crippen molar-refractivity contribution >= 4 is 128 Å². The summed E-state index contributed by atoms with van der Waals surface area (Å²) in [6.07, 6.45) is 0. The molecule has 618 valence electrons. The fourth-order valence-corrected chi connectivity index (χ4v) is 33.9. The topological polar surface area (TPSA) is 96.9 Å². The zero-order chi connectivity index (χ0) is 86.4. The summed E-state index contributed by atoms with van der Waals surface area (Å²) in [4.78, 5) is 0. The minimum atomic E-state index is -4.03. The van der Waals surface area contributed by atoms with E-state index < -0.39 is 63.6 Å². The third-order valence-corrected chi connectivity index (χ3v) is 58.0. The van der Waals surface area contributed by atoms with Gasteiger partial charge < -0.3 is 26.7 Å². The summed E-state index contributed by atoms with van der Waals surface area (Å²) in [7, 11) is -11.1. The molecule has 124 heavy (non-hydrogen) atoms. The van der Waals surface area contributed by atoms with Gasteiger partial charge in [-0.25, -0.2) is 0 Å². The molecule has 0 saturated heterocycles. The molecular weight excluding hydrogens is 1710 g/mol. The van der Waals surface area contributed by atoms with E-state index in [2.05, 4.69) is 303 Å². The Balaban J connectivity index is 0.00000581. The van der Waals surface area contributed by atoms with Crippen molar-refractivity contribution in [2.24, 2.45) is 0 Å². The van der Waals surface area contributed by atoms with E-state index >= 15 is 15.3 Å². The van der Waals surface area contributed by atoms with Crippen LogP contribution in [0.25, 0.3) is 98.0 Å². The first-order chi connectivity index (χ1) is 58.5. The summed E-state index contributed by atoms with van der Waals surface area (Å²) in [6, 6.07) is 79.6. The van der Waals surface area contributed by atoms with Crippen molar-refractivity contribution in [2.45, 2.75) is 233 Å². The Bertz CT molecular complexity index is 5650. The zero-order valence-electron chi connectivity index (χ0n) is 78.1. The molecule has 0 fully saturated rings. The fraction of sp³-hybridized carbons (Fsp3) is 0.333. The van der Waals surface area contributed by atoms with Crippen molar-refractivity contribution in [1.29, 1.82) is 0 Å². The van der Waals surface area contributed by atoms with Gasteiger partial charge in [0.1, 0.15) is 48.4 Å². The molecule has 0 atom stereocenters. The second-order valence-electron chi connectivity index (χ2n) is 33.4. The predicted octanol–water partition coefficient (Wildman–Crippen LogP) is 18.8. The zero-order valence-corrected chi connectivity index (χ0v) is 94.6. The maximum absolute atomic E-state index is 15.6.